The number of halogens is 1. The van der Waals surface area contributed by atoms with E-state index in [1.54, 1.807) is 30.3 Å². The number of piperidine rings is 1. The highest BCUT2D eigenvalue weighted by molar-refractivity contribution is 6.31. The molecule has 6 nitrogen and oxygen atoms in total. The zero-order chi connectivity index (χ0) is 18.7. The van der Waals surface area contributed by atoms with E-state index < -0.39 is 4.92 Å². The summed E-state index contributed by atoms with van der Waals surface area (Å²) in [7, 11) is 0. The van der Waals surface area contributed by atoms with Crippen LogP contribution in [0.3, 0.4) is 0 Å². The second-order valence-electron chi connectivity index (χ2n) is 6.46. The van der Waals surface area contributed by atoms with Gasteiger partial charge >= 0.3 is 0 Å². The molecule has 0 spiro atoms. The van der Waals surface area contributed by atoms with E-state index in [4.69, 9.17) is 11.6 Å². The summed E-state index contributed by atoms with van der Waals surface area (Å²) in [5.74, 6) is -0.385. The lowest BCUT2D eigenvalue weighted by Crippen LogP contribution is -2.38. The van der Waals surface area contributed by atoms with Gasteiger partial charge in [-0.05, 0) is 50.5 Å². The van der Waals surface area contributed by atoms with Crippen molar-refractivity contribution in [2.24, 2.45) is 0 Å². The first kappa shape index (κ1) is 18.2. The van der Waals surface area contributed by atoms with Crippen molar-refractivity contribution in [1.29, 1.82) is 0 Å². The molecule has 3 rings (SSSR count). The van der Waals surface area contributed by atoms with Crippen LogP contribution in [0.15, 0.2) is 42.5 Å². The monoisotopic (exact) mass is 373 g/mol. The number of anilines is 2. The molecule has 1 aliphatic rings. The molecule has 136 valence electrons. The van der Waals surface area contributed by atoms with Gasteiger partial charge in [0.1, 0.15) is 0 Å². The maximum Gasteiger partial charge on any atom is 0.270 e. The molecule has 2 aromatic carbocycles. The van der Waals surface area contributed by atoms with E-state index in [-0.39, 0.29) is 17.6 Å². The first-order valence-corrected chi connectivity index (χ1v) is 8.95. The Morgan fingerprint density at radius 2 is 2.08 bits per heavy atom. The predicted octanol–water partition coefficient (Wildman–Crippen LogP) is 4.88. The molecule has 1 N–H and O–H groups in total. The normalized spacial score (nSPS) is 17.0. The highest BCUT2D eigenvalue weighted by atomic mass is 35.5. The molecule has 1 aliphatic heterocycles. The molecule has 0 bridgehead atoms. The topological polar surface area (TPSA) is 75.5 Å². The number of benzene rings is 2. The molecule has 2 aromatic rings. The molecule has 0 saturated carbocycles. The molecule has 7 heteroatoms. The maximum atomic E-state index is 12.9. The number of rotatable bonds is 4. The Kier molecular flexibility index (Phi) is 5.42. The first-order valence-electron chi connectivity index (χ1n) is 8.57. The molecule has 0 unspecified atom stereocenters. The smallest absolute Gasteiger partial charge is 0.270 e. The third-order valence-electron chi connectivity index (χ3n) is 4.63. The maximum absolute atomic E-state index is 12.9. The first-order chi connectivity index (χ1) is 12.5. The zero-order valence-corrected chi connectivity index (χ0v) is 15.2. The Labute approximate surface area is 156 Å². The SMILES string of the molecule is C[C@@H]1CCCCN1c1ccc([N+](=O)[O-])cc1C(=O)Nc1cccc(Cl)c1. The van der Waals surface area contributed by atoms with Gasteiger partial charge in [-0.15, -0.1) is 0 Å². The molecule has 1 saturated heterocycles. The summed E-state index contributed by atoms with van der Waals surface area (Å²) < 4.78 is 0. The third kappa shape index (κ3) is 3.96. The number of non-ortho nitro benzene ring substituents is 1. The lowest BCUT2D eigenvalue weighted by atomic mass is 10.0. The lowest BCUT2D eigenvalue weighted by molar-refractivity contribution is -0.384. The van der Waals surface area contributed by atoms with Crippen LogP contribution < -0.4 is 10.2 Å². The van der Waals surface area contributed by atoms with Crippen LogP contribution in [0.5, 0.6) is 0 Å². The number of hydrogen-bond donors (Lipinski definition) is 1. The number of nitro groups is 1. The molecule has 1 amide bonds. The van der Waals surface area contributed by atoms with Gasteiger partial charge in [0.15, 0.2) is 0 Å². The average Bonchev–Trinajstić information content (AvgIpc) is 2.61. The number of hydrogen-bond acceptors (Lipinski definition) is 4. The number of nitrogens with zero attached hydrogens (tertiary/aromatic N) is 2. The van der Waals surface area contributed by atoms with Crippen LogP contribution in [-0.2, 0) is 0 Å². The number of carbonyl (C=O) groups excluding carboxylic acids is 1. The fourth-order valence-electron chi connectivity index (χ4n) is 3.29. The van der Waals surface area contributed by atoms with Crippen LogP contribution >= 0.6 is 11.6 Å². The minimum atomic E-state index is -0.487. The quantitative estimate of drug-likeness (QED) is 0.612. The largest absolute Gasteiger partial charge is 0.368 e. The summed E-state index contributed by atoms with van der Waals surface area (Å²) in [4.78, 5) is 25.7. The molecule has 0 radical (unpaired) electrons. The van der Waals surface area contributed by atoms with Gasteiger partial charge in [0.25, 0.3) is 11.6 Å². The summed E-state index contributed by atoms with van der Waals surface area (Å²) in [6.45, 7) is 2.94. The van der Waals surface area contributed by atoms with Gasteiger partial charge in [-0.2, -0.15) is 0 Å². The Hall–Kier alpha value is -2.60. The number of nitrogens with one attached hydrogen (secondary N) is 1. The number of carbonyl (C=O) groups is 1. The standard InChI is InChI=1S/C19H20ClN3O3/c1-13-5-2-3-10-22(13)18-9-8-16(23(25)26)12-17(18)19(24)21-15-7-4-6-14(20)11-15/h4,6-9,11-13H,2-3,5,10H2,1H3,(H,21,24)/t13-/m1/s1. The van der Waals surface area contributed by atoms with Gasteiger partial charge < -0.3 is 10.2 Å². The molecular formula is C19H20ClN3O3. The van der Waals surface area contributed by atoms with E-state index in [0.29, 0.717) is 16.3 Å². The summed E-state index contributed by atoms with van der Waals surface area (Å²) in [5, 5.41) is 14.5. The Morgan fingerprint density at radius 3 is 2.77 bits per heavy atom. The van der Waals surface area contributed by atoms with Crippen LogP contribution in [0.25, 0.3) is 0 Å². The van der Waals surface area contributed by atoms with Gasteiger partial charge in [0, 0.05) is 35.4 Å². The van der Waals surface area contributed by atoms with Crippen molar-refractivity contribution in [2.45, 2.75) is 32.2 Å². The molecule has 26 heavy (non-hydrogen) atoms. The van der Waals surface area contributed by atoms with Gasteiger partial charge in [-0.25, -0.2) is 0 Å². The Morgan fingerprint density at radius 1 is 1.27 bits per heavy atom. The zero-order valence-electron chi connectivity index (χ0n) is 14.4. The molecule has 0 aromatic heterocycles. The highest BCUT2D eigenvalue weighted by Crippen LogP contribution is 2.31. The second kappa shape index (κ2) is 7.74. The van der Waals surface area contributed by atoms with Crippen LogP contribution in [0.1, 0.15) is 36.5 Å². The number of nitro benzene ring substituents is 1. The lowest BCUT2D eigenvalue weighted by Gasteiger charge is -2.36. The van der Waals surface area contributed by atoms with Crippen molar-refractivity contribution in [3.05, 3.63) is 63.2 Å². The van der Waals surface area contributed by atoms with E-state index >= 15 is 0 Å². The average molecular weight is 374 g/mol. The summed E-state index contributed by atoms with van der Waals surface area (Å²) >= 11 is 5.96. The third-order valence-corrected chi connectivity index (χ3v) is 4.87. The van der Waals surface area contributed by atoms with E-state index in [0.717, 1.165) is 31.5 Å². The molecule has 1 heterocycles. The van der Waals surface area contributed by atoms with Crippen molar-refractivity contribution in [2.75, 3.05) is 16.8 Å². The highest BCUT2D eigenvalue weighted by Gasteiger charge is 2.25. The van der Waals surface area contributed by atoms with Crippen LogP contribution in [0.4, 0.5) is 17.1 Å². The summed E-state index contributed by atoms with van der Waals surface area (Å²) in [5.41, 5.74) is 1.47. The fourth-order valence-corrected chi connectivity index (χ4v) is 3.48. The van der Waals surface area contributed by atoms with Gasteiger partial charge in [-0.1, -0.05) is 17.7 Å². The van der Waals surface area contributed by atoms with Gasteiger partial charge in [0.05, 0.1) is 16.2 Å². The van der Waals surface area contributed by atoms with Gasteiger partial charge in [0.2, 0.25) is 0 Å². The Bertz CT molecular complexity index is 841. The van der Waals surface area contributed by atoms with Crippen molar-refractivity contribution < 1.29 is 9.72 Å². The molecule has 1 atom stereocenters. The van der Waals surface area contributed by atoms with Crippen molar-refractivity contribution in [1.82, 2.24) is 0 Å². The van der Waals surface area contributed by atoms with Gasteiger partial charge in [-0.3, -0.25) is 14.9 Å². The Balaban J connectivity index is 1.97. The molecular weight excluding hydrogens is 354 g/mol. The fraction of sp³-hybridized carbons (Fsp3) is 0.316. The van der Waals surface area contributed by atoms with E-state index in [1.165, 1.54) is 12.1 Å². The minimum absolute atomic E-state index is 0.102. The van der Waals surface area contributed by atoms with Crippen LogP contribution in [0, 0.1) is 10.1 Å². The van der Waals surface area contributed by atoms with Crippen LogP contribution in [-0.4, -0.2) is 23.4 Å². The summed E-state index contributed by atoms with van der Waals surface area (Å²) in [6.07, 6.45) is 3.22. The molecule has 1 fully saturated rings. The van der Waals surface area contributed by atoms with E-state index in [2.05, 4.69) is 17.1 Å². The van der Waals surface area contributed by atoms with E-state index in [1.807, 2.05) is 0 Å². The van der Waals surface area contributed by atoms with Crippen molar-refractivity contribution in [3.63, 3.8) is 0 Å². The number of amides is 1. The minimum Gasteiger partial charge on any atom is -0.368 e. The van der Waals surface area contributed by atoms with E-state index in [9.17, 15) is 14.9 Å². The van der Waals surface area contributed by atoms with Crippen molar-refractivity contribution >= 4 is 34.6 Å². The molecule has 0 aliphatic carbocycles. The van der Waals surface area contributed by atoms with Crippen molar-refractivity contribution in [3.8, 4) is 0 Å². The summed E-state index contributed by atoms with van der Waals surface area (Å²) in [6, 6.07) is 11.6. The van der Waals surface area contributed by atoms with Crippen LogP contribution in [0.2, 0.25) is 5.02 Å². The second-order valence-corrected chi connectivity index (χ2v) is 6.90. The predicted molar refractivity (Wildman–Crippen MR) is 103 cm³/mol.